The van der Waals surface area contributed by atoms with Gasteiger partial charge in [-0.1, -0.05) is 12.1 Å². The number of hydrogen-bond acceptors (Lipinski definition) is 5. The van der Waals surface area contributed by atoms with Gasteiger partial charge in [0.15, 0.2) is 0 Å². The number of halogens is 3. The van der Waals surface area contributed by atoms with Crippen LogP contribution in [0.2, 0.25) is 0 Å². The fourth-order valence-electron chi connectivity index (χ4n) is 3.23. The molecule has 0 saturated carbocycles. The summed E-state index contributed by atoms with van der Waals surface area (Å²) in [5.41, 5.74) is -0.318. The summed E-state index contributed by atoms with van der Waals surface area (Å²) in [4.78, 5) is 24.9. The van der Waals surface area contributed by atoms with Crippen LogP contribution in [0, 0.1) is 0 Å². The Kier molecular flexibility index (Phi) is 7.45. The summed E-state index contributed by atoms with van der Waals surface area (Å²) in [6.07, 6.45) is -0.131. The molecule has 3 rings (SSSR count). The van der Waals surface area contributed by atoms with E-state index in [2.05, 4.69) is 30.4 Å². The molecular formula is C20H25F3N6O. The Balaban J connectivity index is 1.29. The molecule has 0 unspecified atom stereocenters. The number of carbonyl (C=O) groups is 1. The third kappa shape index (κ3) is 6.58. The Bertz CT molecular complexity index is 810. The van der Waals surface area contributed by atoms with Crippen molar-refractivity contribution in [2.75, 3.05) is 44.2 Å². The van der Waals surface area contributed by atoms with E-state index in [0.29, 0.717) is 12.1 Å². The summed E-state index contributed by atoms with van der Waals surface area (Å²) in [6, 6.07) is 6.34. The van der Waals surface area contributed by atoms with Gasteiger partial charge in [0.25, 0.3) is 0 Å². The number of anilines is 1. The fraction of sp³-hybridized carbons (Fsp3) is 0.450. The first-order valence-electron chi connectivity index (χ1n) is 9.84. The first-order chi connectivity index (χ1) is 14.4. The maximum Gasteiger partial charge on any atom is 0.416 e. The number of urea groups is 1. The van der Waals surface area contributed by atoms with E-state index < -0.39 is 17.8 Å². The Hall–Kier alpha value is -2.88. The van der Waals surface area contributed by atoms with Crippen molar-refractivity contribution < 1.29 is 18.0 Å². The number of nitrogens with one attached hydrogen (secondary N) is 2. The number of alkyl halides is 3. The molecule has 0 spiro atoms. The summed E-state index contributed by atoms with van der Waals surface area (Å²) in [7, 11) is 0. The number of benzene rings is 1. The summed E-state index contributed by atoms with van der Waals surface area (Å²) in [5.74, 6) is 0.747. The molecule has 2 amide bonds. The van der Waals surface area contributed by atoms with Gasteiger partial charge in [-0.15, -0.1) is 0 Å². The molecular weight excluding hydrogens is 397 g/mol. The lowest BCUT2D eigenvalue weighted by Gasteiger charge is -2.34. The second-order valence-corrected chi connectivity index (χ2v) is 7.04. The Morgan fingerprint density at radius 1 is 1.03 bits per heavy atom. The molecule has 1 aromatic heterocycles. The van der Waals surface area contributed by atoms with E-state index >= 15 is 0 Å². The maximum atomic E-state index is 12.7. The smallest absolute Gasteiger partial charge is 0.338 e. The second kappa shape index (κ2) is 10.2. The van der Waals surface area contributed by atoms with Crippen molar-refractivity contribution in [1.82, 2.24) is 25.5 Å². The minimum absolute atomic E-state index is 0.0409. The molecule has 0 radical (unpaired) electrons. The summed E-state index contributed by atoms with van der Waals surface area (Å²) in [5, 5.41) is 5.33. The normalized spacial score (nSPS) is 15.1. The maximum absolute atomic E-state index is 12.7. The van der Waals surface area contributed by atoms with Crippen LogP contribution in [0.15, 0.2) is 42.7 Å². The van der Waals surface area contributed by atoms with Gasteiger partial charge in [-0.2, -0.15) is 13.2 Å². The van der Waals surface area contributed by atoms with Crippen LogP contribution < -0.4 is 15.5 Å². The highest BCUT2D eigenvalue weighted by Gasteiger charge is 2.30. The van der Waals surface area contributed by atoms with Crippen molar-refractivity contribution in [3.63, 3.8) is 0 Å². The van der Waals surface area contributed by atoms with Gasteiger partial charge in [-0.3, -0.25) is 4.90 Å². The average Bonchev–Trinajstić information content (AvgIpc) is 2.76. The predicted octanol–water partition coefficient (Wildman–Crippen LogP) is 2.51. The lowest BCUT2D eigenvalue weighted by molar-refractivity contribution is -0.137. The van der Waals surface area contributed by atoms with Gasteiger partial charge < -0.3 is 15.5 Å². The molecule has 1 aliphatic heterocycles. The number of amides is 2. The Morgan fingerprint density at radius 2 is 1.77 bits per heavy atom. The second-order valence-electron chi connectivity index (χ2n) is 7.04. The highest BCUT2D eigenvalue weighted by molar-refractivity contribution is 5.73. The molecule has 1 fully saturated rings. The molecule has 1 aliphatic rings. The lowest BCUT2D eigenvalue weighted by atomic mass is 10.1. The van der Waals surface area contributed by atoms with E-state index in [9.17, 15) is 18.0 Å². The fourth-order valence-corrected chi connectivity index (χ4v) is 3.23. The van der Waals surface area contributed by atoms with Crippen LogP contribution in [0.4, 0.5) is 23.9 Å². The van der Waals surface area contributed by atoms with Crippen LogP contribution in [0.3, 0.4) is 0 Å². The number of nitrogens with zero attached hydrogens (tertiary/aromatic N) is 4. The SMILES string of the molecule is O=C(NCCCN1CCN(c2ncccn2)CC1)NCc1cccc(C(F)(F)F)c1. The third-order valence-corrected chi connectivity index (χ3v) is 4.85. The van der Waals surface area contributed by atoms with Crippen LogP contribution in [0.25, 0.3) is 0 Å². The zero-order valence-electron chi connectivity index (χ0n) is 16.5. The van der Waals surface area contributed by atoms with Crippen LogP contribution in [-0.4, -0.2) is 60.2 Å². The zero-order valence-corrected chi connectivity index (χ0v) is 16.5. The standard InChI is InChI=1S/C20H25F3N6O/c21-20(22,23)17-5-1-4-16(14-17)15-27-19(30)26-8-3-9-28-10-12-29(13-11-28)18-24-6-2-7-25-18/h1-2,4-7,14H,3,8-13,15H2,(H2,26,27,30). The van der Waals surface area contributed by atoms with Gasteiger partial charge in [0.2, 0.25) is 5.95 Å². The number of rotatable bonds is 7. The quantitative estimate of drug-likeness (QED) is 0.671. The van der Waals surface area contributed by atoms with Crippen LogP contribution >= 0.6 is 0 Å². The van der Waals surface area contributed by atoms with Crippen molar-refractivity contribution in [1.29, 1.82) is 0 Å². The highest BCUT2D eigenvalue weighted by Crippen LogP contribution is 2.29. The Morgan fingerprint density at radius 3 is 2.47 bits per heavy atom. The molecule has 0 bridgehead atoms. The molecule has 0 atom stereocenters. The van der Waals surface area contributed by atoms with Crippen molar-refractivity contribution in [2.45, 2.75) is 19.1 Å². The van der Waals surface area contributed by atoms with Gasteiger partial charge >= 0.3 is 12.2 Å². The largest absolute Gasteiger partial charge is 0.416 e. The van der Waals surface area contributed by atoms with E-state index in [1.54, 1.807) is 24.5 Å². The van der Waals surface area contributed by atoms with E-state index in [0.717, 1.165) is 57.2 Å². The first kappa shape index (κ1) is 21.8. The average molecular weight is 422 g/mol. The molecule has 30 heavy (non-hydrogen) atoms. The molecule has 1 saturated heterocycles. The molecule has 2 heterocycles. The number of hydrogen-bond donors (Lipinski definition) is 2. The molecule has 162 valence electrons. The van der Waals surface area contributed by atoms with E-state index in [-0.39, 0.29) is 6.54 Å². The van der Waals surface area contributed by atoms with Gasteiger partial charge in [0.05, 0.1) is 5.56 Å². The van der Waals surface area contributed by atoms with Gasteiger partial charge in [0.1, 0.15) is 0 Å². The summed E-state index contributed by atoms with van der Waals surface area (Å²) >= 11 is 0. The Labute approximate surface area is 173 Å². The molecule has 7 nitrogen and oxygen atoms in total. The van der Waals surface area contributed by atoms with Gasteiger partial charge in [0, 0.05) is 51.7 Å². The van der Waals surface area contributed by atoms with Crippen molar-refractivity contribution in [3.8, 4) is 0 Å². The molecule has 10 heteroatoms. The van der Waals surface area contributed by atoms with E-state index in [1.165, 1.54) is 6.07 Å². The number of aromatic nitrogens is 2. The summed E-state index contributed by atoms with van der Waals surface area (Å²) < 4.78 is 38.2. The molecule has 2 N–H and O–H groups in total. The minimum atomic E-state index is -4.39. The predicted molar refractivity (Wildman–Crippen MR) is 107 cm³/mol. The van der Waals surface area contributed by atoms with Crippen LogP contribution in [-0.2, 0) is 12.7 Å². The van der Waals surface area contributed by atoms with Crippen LogP contribution in [0.5, 0.6) is 0 Å². The van der Waals surface area contributed by atoms with Crippen molar-refractivity contribution in [3.05, 3.63) is 53.9 Å². The van der Waals surface area contributed by atoms with Crippen molar-refractivity contribution >= 4 is 12.0 Å². The van der Waals surface area contributed by atoms with E-state index in [4.69, 9.17) is 0 Å². The number of carbonyl (C=O) groups excluding carboxylic acids is 1. The molecule has 1 aromatic carbocycles. The van der Waals surface area contributed by atoms with E-state index in [1.807, 2.05) is 0 Å². The zero-order chi connectivity index (χ0) is 21.4. The van der Waals surface area contributed by atoms with Gasteiger partial charge in [-0.05, 0) is 36.7 Å². The molecule has 2 aromatic rings. The monoisotopic (exact) mass is 422 g/mol. The highest BCUT2D eigenvalue weighted by atomic mass is 19.4. The minimum Gasteiger partial charge on any atom is -0.338 e. The molecule has 0 aliphatic carbocycles. The van der Waals surface area contributed by atoms with Gasteiger partial charge in [-0.25, -0.2) is 14.8 Å². The first-order valence-corrected chi connectivity index (χ1v) is 9.84. The number of piperazine rings is 1. The van der Waals surface area contributed by atoms with Crippen molar-refractivity contribution in [2.24, 2.45) is 0 Å². The van der Waals surface area contributed by atoms with Crippen LogP contribution in [0.1, 0.15) is 17.5 Å². The third-order valence-electron chi connectivity index (χ3n) is 4.85. The topological polar surface area (TPSA) is 73.4 Å². The summed E-state index contributed by atoms with van der Waals surface area (Å²) in [6.45, 7) is 4.91. The lowest BCUT2D eigenvalue weighted by Crippen LogP contribution is -2.47.